The van der Waals surface area contributed by atoms with Gasteiger partial charge in [-0.1, -0.05) is 0 Å². The Hall–Kier alpha value is -2.08. The molecule has 1 atom stereocenters. The summed E-state index contributed by atoms with van der Waals surface area (Å²) < 4.78 is 1.36. The van der Waals surface area contributed by atoms with Gasteiger partial charge in [-0.15, -0.1) is 0 Å². The molecule has 4 aromatic rings. The van der Waals surface area contributed by atoms with Crippen LogP contribution in [-0.4, -0.2) is 4.98 Å². The van der Waals surface area contributed by atoms with E-state index in [1.54, 1.807) is 0 Å². The molecule has 1 heterocycles. The van der Waals surface area contributed by atoms with E-state index in [1.807, 2.05) is 12.3 Å². The quantitative estimate of drug-likeness (QED) is 0.413. The Morgan fingerprint density at radius 2 is 1.50 bits per heavy atom. The summed E-state index contributed by atoms with van der Waals surface area (Å²) in [7, 11) is 0. The number of allylic oxidation sites excluding steroid dienone is 2. The van der Waals surface area contributed by atoms with E-state index >= 15 is 0 Å². The summed E-state index contributed by atoms with van der Waals surface area (Å²) >= 11 is 3.43. The van der Waals surface area contributed by atoms with Crippen molar-refractivity contribution < 1.29 is 41.1 Å². The first-order valence-electron chi connectivity index (χ1n) is 9.67. The number of halogens is 2. The first kappa shape index (κ1) is 22.6. The van der Waals surface area contributed by atoms with Crippen LogP contribution in [0.2, 0.25) is 0 Å². The number of fused-ring (bicyclic) bond motifs is 2. The maximum atomic E-state index is 4.56. The third-order valence-electron chi connectivity index (χ3n) is 5.66. The molecule has 0 spiro atoms. The molecular weight excluding hydrogens is 449 g/mol. The maximum absolute atomic E-state index is 4.56. The van der Waals surface area contributed by atoms with Crippen LogP contribution in [0.5, 0.6) is 0 Å². The Balaban J connectivity index is 0.00000128. The average molecular weight is 469 g/mol. The summed E-state index contributed by atoms with van der Waals surface area (Å²) in [5, 5.41) is 2.65. The van der Waals surface area contributed by atoms with Gasteiger partial charge in [-0.25, -0.2) is 0 Å². The SMILES string of the molecule is [Cl-].[Cl-].[Cr+2][C]1=C(Cc2cccc3ccccc23)c2ccccc2C1Cc1ccccn1. The second-order valence-electron chi connectivity index (χ2n) is 7.32. The molecule has 30 heavy (non-hydrogen) atoms. The summed E-state index contributed by atoms with van der Waals surface area (Å²) in [5.74, 6) is 0.357. The van der Waals surface area contributed by atoms with Gasteiger partial charge in [-0.2, -0.15) is 0 Å². The Morgan fingerprint density at radius 3 is 2.33 bits per heavy atom. The number of rotatable bonds is 4. The van der Waals surface area contributed by atoms with Gasteiger partial charge >= 0.3 is 174 Å². The zero-order chi connectivity index (χ0) is 18.9. The average Bonchev–Trinajstić information content (AvgIpc) is 3.01. The molecule has 0 bridgehead atoms. The van der Waals surface area contributed by atoms with Crippen molar-refractivity contribution in [1.82, 2.24) is 4.98 Å². The van der Waals surface area contributed by atoms with Gasteiger partial charge in [0.05, 0.1) is 0 Å². The summed E-state index contributed by atoms with van der Waals surface area (Å²) in [5.41, 5.74) is 6.74. The third kappa shape index (κ3) is 4.20. The van der Waals surface area contributed by atoms with Gasteiger partial charge in [-0.05, 0) is 0 Å². The van der Waals surface area contributed by atoms with Crippen molar-refractivity contribution in [3.8, 4) is 0 Å². The summed E-state index contributed by atoms with van der Waals surface area (Å²) in [4.78, 5) is 4.56. The topological polar surface area (TPSA) is 12.9 Å². The van der Waals surface area contributed by atoms with Crippen molar-refractivity contribution in [2.45, 2.75) is 18.8 Å². The van der Waals surface area contributed by atoms with Gasteiger partial charge in [0.2, 0.25) is 0 Å². The van der Waals surface area contributed by atoms with Crippen LogP contribution in [0.15, 0.2) is 95.6 Å². The molecule has 1 aliphatic rings. The molecule has 0 N–H and O–H groups in total. The number of aromatic nitrogens is 1. The van der Waals surface area contributed by atoms with Crippen molar-refractivity contribution in [2.24, 2.45) is 0 Å². The van der Waals surface area contributed by atoms with E-state index in [0.29, 0.717) is 5.92 Å². The van der Waals surface area contributed by atoms with Crippen molar-refractivity contribution in [3.63, 3.8) is 0 Å². The predicted molar refractivity (Wildman–Crippen MR) is 112 cm³/mol. The van der Waals surface area contributed by atoms with Crippen molar-refractivity contribution in [3.05, 3.63) is 118 Å². The minimum absolute atomic E-state index is 0. The van der Waals surface area contributed by atoms with Crippen LogP contribution >= 0.6 is 0 Å². The van der Waals surface area contributed by atoms with Crippen LogP contribution in [-0.2, 0) is 29.1 Å². The van der Waals surface area contributed by atoms with E-state index < -0.39 is 0 Å². The fraction of sp³-hybridized carbons (Fsp3) is 0.115. The summed E-state index contributed by atoms with van der Waals surface area (Å²) in [6.45, 7) is 0. The van der Waals surface area contributed by atoms with Crippen LogP contribution in [0.4, 0.5) is 0 Å². The summed E-state index contributed by atoms with van der Waals surface area (Å²) in [6, 6.07) is 30.3. The van der Waals surface area contributed by atoms with E-state index in [2.05, 4.69) is 100 Å². The zero-order valence-electron chi connectivity index (χ0n) is 16.3. The van der Waals surface area contributed by atoms with Crippen molar-refractivity contribution >= 4 is 16.3 Å². The minimum atomic E-state index is 0. The number of hydrogen-bond donors (Lipinski definition) is 0. The molecule has 4 heteroatoms. The van der Waals surface area contributed by atoms with Gasteiger partial charge in [0.15, 0.2) is 0 Å². The molecular formula is C26H20Cl2CrN. The fourth-order valence-corrected chi connectivity index (χ4v) is 4.92. The number of hydrogen-bond acceptors (Lipinski definition) is 1. The van der Waals surface area contributed by atoms with Crippen LogP contribution in [0, 0.1) is 0 Å². The van der Waals surface area contributed by atoms with Crippen LogP contribution in [0.25, 0.3) is 16.3 Å². The van der Waals surface area contributed by atoms with E-state index in [4.69, 9.17) is 0 Å². The molecule has 0 radical (unpaired) electrons. The van der Waals surface area contributed by atoms with Gasteiger partial charge in [-0.3, -0.25) is 0 Å². The fourth-order valence-electron chi connectivity index (χ4n) is 4.31. The molecule has 0 aliphatic heterocycles. The Kier molecular flexibility index (Phi) is 7.40. The number of nitrogens with zero attached hydrogens (tertiary/aromatic N) is 1. The molecule has 0 fully saturated rings. The number of pyridine rings is 1. The van der Waals surface area contributed by atoms with Crippen LogP contribution in [0.3, 0.4) is 0 Å². The predicted octanol–water partition coefficient (Wildman–Crippen LogP) is 0.0833. The monoisotopic (exact) mass is 468 g/mol. The molecule has 1 nitrogen and oxygen atoms in total. The van der Waals surface area contributed by atoms with Crippen molar-refractivity contribution in [2.75, 3.05) is 0 Å². The van der Waals surface area contributed by atoms with Gasteiger partial charge in [0.25, 0.3) is 0 Å². The standard InChI is InChI=1S/C26H20N.2ClH.Cr/c1-2-12-24-19(8-1)9-7-10-20(24)16-21-17-22(18-23-11-5-6-15-27-23)26-14-4-3-13-25(21)26;;;/h1-15,22H,16,18H2;2*1H;/q;;;+2/p-2. The van der Waals surface area contributed by atoms with Crippen LogP contribution in [0.1, 0.15) is 28.3 Å². The second-order valence-corrected chi connectivity index (χ2v) is 8.01. The molecule has 1 aliphatic carbocycles. The molecule has 1 unspecified atom stereocenters. The second kappa shape index (κ2) is 9.82. The van der Waals surface area contributed by atoms with Crippen molar-refractivity contribution in [1.29, 1.82) is 0 Å². The van der Waals surface area contributed by atoms with Gasteiger partial charge in [0, 0.05) is 0 Å². The molecule has 0 saturated carbocycles. The zero-order valence-corrected chi connectivity index (χ0v) is 19.1. The van der Waals surface area contributed by atoms with E-state index in [-0.39, 0.29) is 24.8 Å². The normalized spacial score (nSPS) is 14.7. The molecule has 149 valence electrons. The van der Waals surface area contributed by atoms with E-state index in [0.717, 1.165) is 18.5 Å². The van der Waals surface area contributed by atoms with Crippen LogP contribution < -0.4 is 24.8 Å². The molecule has 5 rings (SSSR count). The number of benzene rings is 3. The Morgan fingerprint density at radius 1 is 0.767 bits per heavy atom. The Labute approximate surface area is 198 Å². The first-order chi connectivity index (χ1) is 13.8. The third-order valence-corrected chi connectivity index (χ3v) is 6.49. The molecule has 1 aromatic heterocycles. The summed E-state index contributed by atoms with van der Waals surface area (Å²) in [6.07, 6.45) is 3.76. The first-order valence-corrected chi connectivity index (χ1v) is 10.3. The van der Waals surface area contributed by atoms with E-state index in [1.165, 1.54) is 37.5 Å². The molecule has 0 amide bonds. The molecule has 3 aromatic carbocycles. The van der Waals surface area contributed by atoms with Gasteiger partial charge in [0.1, 0.15) is 0 Å². The van der Waals surface area contributed by atoms with Gasteiger partial charge < -0.3 is 24.8 Å². The molecule has 0 saturated heterocycles. The Bertz CT molecular complexity index is 1180. The van der Waals surface area contributed by atoms with E-state index in [9.17, 15) is 0 Å².